The second kappa shape index (κ2) is 7.75. The minimum absolute atomic E-state index is 0.0965. The number of benzene rings is 1. The molecular formula is C18H24Cl2N2O2. The molecule has 0 saturated carbocycles. The van der Waals surface area contributed by atoms with Gasteiger partial charge < -0.3 is 10.2 Å². The zero-order chi connectivity index (χ0) is 17.9. The SMILES string of the molecule is CC(C)(C)NC(=O)C1CCCCN1C(=O)Cc1c(Cl)cccc1Cl. The van der Waals surface area contributed by atoms with Gasteiger partial charge in [-0.1, -0.05) is 29.3 Å². The number of piperidine rings is 1. The van der Waals surface area contributed by atoms with E-state index in [1.807, 2.05) is 20.8 Å². The maximum atomic E-state index is 12.8. The van der Waals surface area contributed by atoms with Gasteiger partial charge in [0.1, 0.15) is 6.04 Å². The monoisotopic (exact) mass is 370 g/mol. The molecule has 0 bridgehead atoms. The molecule has 0 radical (unpaired) electrons. The van der Waals surface area contributed by atoms with Gasteiger partial charge in [-0.05, 0) is 57.7 Å². The molecule has 0 aromatic heterocycles. The second-order valence-corrected chi connectivity index (χ2v) is 8.03. The fraction of sp³-hybridized carbons (Fsp3) is 0.556. The lowest BCUT2D eigenvalue weighted by molar-refractivity contribution is -0.142. The maximum absolute atomic E-state index is 12.8. The molecule has 0 spiro atoms. The fourth-order valence-corrected chi connectivity index (χ4v) is 3.44. The Morgan fingerprint density at radius 2 is 1.83 bits per heavy atom. The van der Waals surface area contributed by atoms with Gasteiger partial charge in [-0.25, -0.2) is 0 Å². The van der Waals surface area contributed by atoms with Crippen LogP contribution in [0.25, 0.3) is 0 Å². The van der Waals surface area contributed by atoms with Crippen LogP contribution in [0.5, 0.6) is 0 Å². The molecule has 2 rings (SSSR count). The summed E-state index contributed by atoms with van der Waals surface area (Å²) < 4.78 is 0. The lowest BCUT2D eigenvalue weighted by Crippen LogP contribution is -2.55. The Hall–Kier alpha value is -1.26. The molecule has 1 aromatic carbocycles. The third-order valence-electron chi connectivity index (χ3n) is 4.01. The van der Waals surface area contributed by atoms with Crippen molar-refractivity contribution in [3.8, 4) is 0 Å². The van der Waals surface area contributed by atoms with Crippen LogP contribution >= 0.6 is 23.2 Å². The van der Waals surface area contributed by atoms with Crippen LogP contribution in [-0.4, -0.2) is 34.8 Å². The summed E-state index contributed by atoms with van der Waals surface area (Å²) >= 11 is 12.3. The van der Waals surface area contributed by atoms with Crippen molar-refractivity contribution in [1.29, 1.82) is 0 Å². The van der Waals surface area contributed by atoms with Gasteiger partial charge >= 0.3 is 0 Å². The van der Waals surface area contributed by atoms with Gasteiger partial charge in [0.25, 0.3) is 0 Å². The number of hydrogen-bond donors (Lipinski definition) is 1. The molecule has 1 atom stereocenters. The van der Waals surface area contributed by atoms with Crippen LogP contribution in [0.4, 0.5) is 0 Å². The summed E-state index contributed by atoms with van der Waals surface area (Å²) in [4.78, 5) is 27.0. The van der Waals surface area contributed by atoms with E-state index >= 15 is 0 Å². The molecule has 24 heavy (non-hydrogen) atoms. The molecule has 6 heteroatoms. The largest absolute Gasteiger partial charge is 0.350 e. The quantitative estimate of drug-likeness (QED) is 0.878. The fourth-order valence-electron chi connectivity index (χ4n) is 2.91. The molecule has 1 saturated heterocycles. The van der Waals surface area contributed by atoms with E-state index in [2.05, 4.69) is 5.32 Å². The van der Waals surface area contributed by atoms with Gasteiger partial charge in [0.15, 0.2) is 0 Å². The van der Waals surface area contributed by atoms with E-state index in [1.54, 1.807) is 23.1 Å². The van der Waals surface area contributed by atoms with Gasteiger partial charge in [-0.3, -0.25) is 9.59 Å². The summed E-state index contributed by atoms with van der Waals surface area (Å²) in [6, 6.07) is 4.76. The van der Waals surface area contributed by atoms with Crippen molar-refractivity contribution in [2.45, 2.75) is 58.0 Å². The van der Waals surface area contributed by atoms with Crippen molar-refractivity contribution in [2.75, 3.05) is 6.54 Å². The summed E-state index contributed by atoms with van der Waals surface area (Å²) in [5.41, 5.74) is 0.293. The Labute approximate surface area is 153 Å². The van der Waals surface area contributed by atoms with Crippen molar-refractivity contribution < 1.29 is 9.59 Å². The van der Waals surface area contributed by atoms with E-state index in [0.717, 1.165) is 12.8 Å². The van der Waals surface area contributed by atoms with Crippen molar-refractivity contribution >= 4 is 35.0 Å². The third-order valence-corrected chi connectivity index (χ3v) is 4.72. The number of halogens is 2. The summed E-state index contributed by atoms with van der Waals surface area (Å²) in [6.07, 6.45) is 2.64. The first-order chi connectivity index (χ1) is 11.2. The number of carbonyl (C=O) groups is 2. The predicted molar refractivity (Wildman–Crippen MR) is 97.4 cm³/mol. The molecule has 1 unspecified atom stereocenters. The lowest BCUT2D eigenvalue weighted by Gasteiger charge is -2.36. The molecule has 1 aliphatic rings. The number of likely N-dealkylation sites (tertiary alicyclic amines) is 1. The van der Waals surface area contributed by atoms with Gasteiger partial charge in [-0.2, -0.15) is 0 Å². The minimum Gasteiger partial charge on any atom is -0.350 e. The normalized spacial score (nSPS) is 18.4. The maximum Gasteiger partial charge on any atom is 0.243 e. The van der Waals surface area contributed by atoms with Crippen molar-refractivity contribution in [3.05, 3.63) is 33.8 Å². The van der Waals surface area contributed by atoms with Gasteiger partial charge in [0, 0.05) is 22.1 Å². The molecule has 1 fully saturated rings. The first kappa shape index (κ1) is 19.1. The highest BCUT2D eigenvalue weighted by Gasteiger charge is 2.33. The van der Waals surface area contributed by atoms with Crippen molar-refractivity contribution in [1.82, 2.24) is 10.2 Å². The molecule has 1 heterocycles. The summed E-state index contributed by atoms with van der Waals surface area (Å²) in [5, 5.41) is 3.93. The van der Waals surface area contributed by atoms with Crippen LogP contribution in [0.3, 0.4) is 0 Å². The standard InChI is InChI=1S/C18H24Cl2N2O2/c1-18(2,3)21-17(24)15-9-4-5-10-22(15)16(23)11-12-13(19)7-6-8-14(12)20/h6-8,15H,4-5,9-11H2,1-3H3,(H,21,24). The highest BCUT2D eigenvalue weighted by atomic mass is 35.5. The van der Waals surface area contributed by atoms with E-state index in [9.17, 15) is 9.59 Å². The first-order valence-electron chi connectivity index (χ1n) is 8.23. The topological polar surface area (TPSA) is 49.4 Å². The zero-order valence-electron chi connectivity index (χ0n) is 14.4. The van der Waals surface area contributed by atoms with Gasteiger partial charge in [-0.15, -0.1) is 0 Å². The first-order valence-corrected chi connectivity index (χ1v) is 8.99. The average Bonchev–Trinajstić information content (AvgIpc) is 2.49. The highest BCUT2D eigenvalue weighted by molar-refractivity contribution is 6.36. The van der Waals surface area contributed by atoms with Crippen LogP contribution in [0.2, 0.25) is 10.0 Å². The number of nitrogens with one attached hydrogen (secondary N) is 1. The number of carbonyl (C=O) groups excluding carboxylic acids is 2. The van der Waals surface area contributed by atoms with E-state index in [1.165, 1.54) is 0 Å². The number of hydrogen-bond acceptors (Lipinski definition) is 2. The molecule has 4 nitrogen and oxygen atoms in total. The lowest BCUT2D eigenvalue weighted by atomic mass is 9.98. The number of rotatable bonds is 3. The smallest absolute Gasteiger partial charge is 0.243 e. The van der Waals surface area contributed by atoms with Crippen LogP contribution in [-0.2, 0) is 16.0 Å². The van der Waals surface area contributed by atoms with Crippen LogP contribution in [0, 0.1) is 0 Å². The van der Waals surface area contributed by atoms with Gasteiger partial charge in [0.05, 0.1) is 6.42 Å². The third kappa shape index (κ3) is 4.87. The molecule has 0 aliphatic carbocycles. The minimum atomic E-state index is -0.424. The zero-order valence-corrected chi connectivity index (χ0v) is 15.9. The average molecular weight is 371 g/mol. The van der Waals surface area contributed by atoms with Crippen molar-refractivity contribution in [2.24, 2.45) is 0 Å². The molecule has 1 N–H and O–H groups in total. The summed E-state index contributed by atoms with van der Waals surface area (Å²) in [5.74, 6) is -0.209. The number of amides is 2. The Bertz CT molecular complexity index is 606. The van der Waals surface area contributed by atoms with Gasteiger partial charge in [0.2, 0.25) is 11.8 Å². The van der Waals surface area contributed by atoms with E-state index in [-0.39, 0.29) is 23.8 Å². The van der Waals surface area contributed by atoms with E-state index in [4.69, 9.17) is 23.2 Å². The van der Waals surface area contributed by atoms with Crippen LogP contribution in [0.1, 0.15) is 45.6 Å². The van der Waals surface area contributed by atoms with Crippen molar-refractivity contribution in [3.63, 3.8) is 0 Å². The predicted octanol–water partition coefficient (Wildman–Crippen LogP) is 3.83. The molecular weight excluding hydrogens is 347 g/mol. The van der Waals surface area contributed by atoms with Crippen LogP contribution < -0.4 is 5.32 Å². The Morgan fingerprint density at radius 1 is 1.21 bits per heavy atom. The Morgan fingerprint density at radius 3 is 2.42 bits per heavy atom. The molecule has 132 valence electrons. The molecule has 2 amide bonds. The number of nitrogens with zero attached hydrogens (tertiary/aromatic N) is 1. The Balaban J connectivity index is 2.15. The Kier molecular flexibility index (Phi) is 6.16. The molecule has 1 aromatic rings. The summed E-state index contributed by atoms with van der Waals surface area (Å²) in [7, 11) is 0. The highest BCUT2D eigenvalue weighted by Crippen LogP contribution is 2.26. The van der Waals surface area contributed by atoms with Crippen LogP contribution in [0.15, 0.2) is 18.2 Å². The molecule has 1 aliphatic heterocycles. The van der Waals surface area contributed by atoms with E-state index in [0.29, 0.717) is 28.6 Å². The summed E-state index contributed by atoms with van der Waals surface area (Å²) in [6.45, 7) is 6.39. The van der Waals surface area contributed by atoms with E-state index < -0.39 is 6.04 Å². The second-order valence-electron chi connectivity index (χ2n) is 7.21.